The second kappa shape index (κ2) is 7.41. The molecule has 0 aromatic heterocycles. The van der Waals surface area contributed by atoms with Crippen LogP contribution in [0, 0.1) is 0 Å². The van der Waals surface area contributed by atoms with Crippen molar-refractivity contribution in [3.05, 3.63) is 60.3 Å². The van der Waals surface area contributed by atoms with Crippen molar-refractivity contribution < 1.29 is 27.4 Å². The number of hydrogen-bond acceptors (Lipinski definition) is 0. The summed E-state index contributed by atoms with van der Waals surface area (Å²) in [7, 11) is 0. The summed E-state index contributed by atoms with van der Waals surface area (Å²) in [6, 6.07) is 0. The van der Waals surface area contributed by atoms with E-state index >= 15 is 0 Å². The van der Waals surface area contributed by atoms with Crippen molar-refractivity contribution in [3.63, 3.8) is 0 Å². The van der Waals surface area contributed by atoms with Gasteiger partial charge in [-0.1, -0.05) is 0 Å². The van der Waals surface area contributed by atoms with Gasteiger partial charge < -0.3 is 0 Å². The zero-order valence-corrected chi connectivity index (χ0v) is 17.1. The molecule has 0 amide bonds. The summed E-state index contributed by atoms with van der Waals surface area (Å²) in [6.45, 7) is 6.99. The molecule has 114 valence electrons. The predicted molar refractivity (Wildman–Crippen MR) is 93.2 cm³/mol. The molecule has 0 heterocycles. The van der Waals surface area contributed by atoms with Gasteiger partial charge in [-0.25, -0.2) is 0 Å². The second-order valence-electron chi connectivity index (χ2n) is 6.46. The Kier molecular flexibility index (Phi) is 5.52. The van der Waals surface area contributed by atoms with Crippen molar-refractivity contribution in [2.75, 3.05) is 0 Å². The Morgan fingerprint density at radius 1 is 0.636 bits per heavy atom. The van der Waals surface area contributed by atoms with E-state index in [4.69, 9.17) is 0 Å². The molecule has 3 rings (SSSR count). The molecule has 3 aliphatic rings. The number of allylic oxidation sites excluding steroid dienone is 12. The number of hydrogen-bond donors (Lipinski definition) is 0. The zero-order valence-electron chi connectivity index (χ0n) is 14.3. The van der Waals surface area contributed by atoms with Crippen LogP contribution < -0.4 is 0 Å². The quantitative estimate of drug-likeness (QED) is 0.504. The van der Waals surface area contributed by atoms with Crippen molar-refractivity contribution in [2.24, 2.45) is 0 Å². The average molecular weight is 368 g/mol. The average Bonchev–Trinajstić information content (AvgIpc) is 3.28. The third-order valence-corrected chi connectivity index (χ3v) is 15.0. The Morgan fingerprint density at radius 2 is 0.955 bits per heavy atom. The fraction of sp³-hybridized carbons (Fsp3) is 0.429. The molecule has 3 aliphatic carbocycles. The van der Waals surface area contributed by atoms with Gasteiger partial charge in [-0.15, -0.1) is 0 Å². The molecule has 0 aromatic carbocycles. The van der Waals surface area contributed by atoms with E-state index in [1.54, 1.807) is 16.7 Å². The Labute approximate surface area is 146 Å². The van der Waals surface area contributed by atoms with E-state index in [-0.39, 0.29) is 0 Å². The topological polar surface area (TPSA) is 0 Å². The van der Waals surface area contributed by atoms with Crippen LogP contribution in [0.15, 0.2) is 60.3 Å². The minimum atomic E-state index is -2.05. The minimum absolute atomic E-state index is 1.21. The van der Waals surface area contributed by atoms with Crippen LogP contribution in [0.1, 0.15) is 59.3 Å². The summed E-state index contributed by atoms with van der Waals surface area (Å²) in [6.07, 6.45) is 21.9. The van der Waals surface area contributed by atoms with E-state index in [2.05, 4.69) is 57.2 Å². The van der Waals surface area contributed by atoms with Gasteiger partial charge in [0, 0.05) is 0 Å². The zero-order chi connectivity index (χ0) is 15.5. The van der Waals surface area contributed by atoms with Crippen LogP contribution in [-0.4, -0.2) is 0 Å². The molecule has 0 N–H and O–H groups in total. The summed E-state index contributed by atoms with van der Waals surface area (Å²) in [5.41, 5.74) is 5.02. The summed E-state index contributed by atoms with van der Waals surface area (Å²) in [5, 5.41) is 0. The van der Waals surface area contributed by atoms with E-state index in [9.17, 15) is 0 Å². The van der Waals surface area contributed by atoms with Gasteiger partial charge in [-0.2, -0.15) is 0 Å². The maximum absolute atomic E-state index is 2.42. The van der Waals surface area contributed by atoms with Gasteiger partial charge in [-0.05, 0) is 0 Å². The normalized spacial score (nSPS) is 20.3. The molecule has 0 spiro atoms. The molecule has 0 bridgehead atoms. The first-order valence-electron chi connectivity index (χ1n) is 8.95. The molecule has 0 unspecified atom stereocenters. The van der Waals surface area contributed by atoms with E-state index in [1.165, 1.54) is 38.5 Å². The molecule has 0 aliphatic heterocycles. The molecule has 0 atom stereocenters. The van der Waals surface area contributed by atoms with Gasteiger partial charge in [0.1, 0.15) is 0 Å². The van der Waals surface area contributed by atoms with E-state index in [0.717, 1.165) is 0 Å². The Morgan fingerprint density at radius 3 is 1.23 bits per heavy atom. The second-order valence-corrected chi connectivity index (χ2v) is 13.7. The van der Waals surface area contributed by atoms with E-state index < -0.39 is 27.4 Å². The number of rotatable bonds is 6. The summed E-state index contributed by atoms with van der Waals surface area (Å²) in [4.78, 5) is 0. The van der Waals surface area contributed by atoms with Gasteiger partial charge in [-0.3, -0.25) is 0 Å². The molecule has 0 nitrogen and oxygen atoms in total. The molecule has 0 saturated heterocycles. The maximum atomic E-state index is 2.42. The Bertz CT molecular complexity index is 544. The van der Waals surface area contributed by atoms with Gasteiger partial charge >= 0.3 is 147 Å². The molecule has 0 fully saturated rings. The third kappa shape index (κ3) is 2.97. The SMILES string of the molecule is CCC1=[C]([Y]([C]2=C(CC)C=CC2)[C]2=C(CC)C=CC2)CC=C1. The molecule has 1 heteroatoms. The predicted octanol–water partition coefficient (Wildman–Crippen LogP) is 6.48. The fourth-order valence-electron chi connectivity index (χ4n) is 4.27. The van der Waals surface area contributed by atoms with E-state index in [0.29, 0.717) is 0 Å². The third-order valence-electron chi connectivity index (χ3n) is 5.40. The Hall–Kier alpha value is -0.456. The van der Waals surface area contributed by atoms with Crippen LogP contribution in [0.5, 0.6) is 0 Å². The van der Waals surface area contributed by atoms with Crippen molar-refractivity contribution >= 4 is 0 Å². The van der Waals surface area contributed by atoms with Crippen LogP contribution in [0.25, 0.3) is 0 Å². The van der Waals surface area contributed by atoms with Crippen molar-refractivity contribution in [2.45, 2.75) is 59.3 Å². The molecule has 22 heavy (non-hydrogen) atoms. The molecule has 0 saturated carbocycles. The summed E-state index contributed by atoms with van der Waals surface area (Å²) < 4.78 is 5.66. The van der Waals surface area contributed by atoms with Gasteiger partial charge in [0.25, 0.3) is 0 Å². The van der Waals surface area contributed by atoms with Crippen molar-refractivity contribution in [1.29, 1.82) is 0 Å². The molecule has 0 aromatic rings. The Balaban J connectivity index is 2.09. The van der Waals surface area contributed by atoms with Crippen LogP contribution in [0.3, 0.4) is 0 Å². The first-order chi connectivity index (χ1) is 10.8. The summed E-state index contributed by atoms with van der Waals surface area (Å²) in [5.74, 6) is 0. The standard InChI is InChI=1S/3C7H9.Y/c3*1-2-7-5-3-4-6-7;/h3*3,5H,2,4H2,1H3;. The van der Waals surface area contributed by atoms with Crippen LogP contribution >= 0.6 is 0 Å². The summed E-state index contributed by atoms with van der Waals surface area (Å²) >= 11 is -2.05. The van der Waals surface area contributed by atoms with Crippen molar-refractivity contribution in [1.82, 2.24) is 0 Å². The van der Waals surface area contributed by atoms with Crippen molar-refractivity contribution in [3.8, 4) is 0 Å². The van der Waals surface area contributed by atoms with Gasteiger partial charge in [0.15, 0.2) is 0 Å². The molecular weight excluding hydrogens is 341 g/mol. The first kappa shape index (κ1) is 16.4. The van der Waals surface area contributed by atoms with Gasteiger partial charge in [0.05, 0.1) is 0 Å². The van der Waals surface area contributed by atoms with Gasteiger partial charge in [0.2, 0.25) is 0 Å². The van der Waals surface area contributed by atoms with Crippen LogP contribution in [0.4, 0.5) is 0 Å². The molecular formula is C21H27Y. The monoisotopic (exact) mass is 368 g/mol. The van der Waals surface area contributed by atoms with Crippen LogP contribution in [-0.2, 0) is 27.4 Å². The first-order valence-corrected chi connectivity index (χ1v) is 13.2. The fourth-order valence-corrected chi connectivity index (χ4v) is 15.1. The molecule has 0 radical (unpaired) electrons. The van der Waals surface area contributed by atoms with Crippen LogP contribution in [0.2, 0.25) is 0 Å². The van der Waals surface area contributed by atoms with E-state index in [1.807, 2.05) is 7.15 Å².